The lowest BCUT2D eigenvalue weighted by molar-refractivity contribution is 0.386. The van der Waals surface area contributed by atoms with E-state index in [2.05, 4.69) is 37.2 Å². The summed E-state index contributed by atoms with van der Waals surface area (Å²) in [5.41, 5.74) is 1.88. The molecule has 2 aromatic rings. The van der Waals surface area contributed by atoms with Crippen molar-refractivity contribution in [3.8, 4) is 5.75 Å². The van der Waals surface area contributed by atoms with E-state index < -0.39 is 0 Å². The minimum Gasteiger partial charge on any atom is -0.494 e. The third kappa shape index (κ3) is 3.22. The molecule has 5 heteroatoms. The molecule has 0 saturated carbocycles. The first-order chi connectivity index (χ1) is 9.56. The third-order valence-corrected chi connectivity index (χ3v) is 4.25. The molecule has 0 amide bonds. The van der Waals surface area contributed by atoms with Crippen LogP contribution in [0.1, 0.15) is 17.2 Å². The van der Waals surface area contributed by atoms with Crippen molar-refractivity contribution in [3.63, 3.8) is 0 Å². The summed E-state index contributed by atoms with van der Waals surface area (Å²) in [6, 6.07) is 10.8. The van der Waals surface area contributed by atoms with Crippen molar-refractivity contribution < 1.29 is 9.13 Å². The molecule has 0 spiro atoms. The highest BCUT2D eigenvalue weighted by molar-refractivity contribution is 9.11. The van der Waals surface area contributed by atoms with E-state index in [-0.39, 0.29) is 17.6 Å². The van der Waals surface area contributed by atoms with Crippen molar-refractivity contribution in [1.29, 1.82) is 0 Å². The molecule has 2 nitrogen and oxygen atoms in total. The molecule has 0 bridgehead atoms. The summed E-state index contributed by atoms with van der Waals surface area (Å²) >= 11 is 6.97. The Bertz CT molecular complexity index is 619. The molecule has 0 aliphatic heterocycles. The van der Waals surface area contributed by atoms with Gasteiger partial charge in [-0.3, -0.25) is 0 Å². The lowest BCUT2D eigenvalue weighted by Gasteiger charge is -2.19. The predicted molar refractivity (Wildman–Crippen MR) is 85.7 cm³/mol. The van der Waals surface area contributed by atoms with E-state index in [1.807, 2.05) is 31.3 Å². The number of rotatable bonds is 4. The van der Waals surface area contributed by atoms with Gasteiger partial charge in [0, 0.05) is 8.95 Å². The Morgan fingerprint density at radius 1 is 1.15 bits per heavy atom. The Hall–Kier alpha value is -0.910. The summed E-state index contributed by atoms with van der Waals surface area (Å²) in [4.78, 5) is 0. The molecule has 0 saturated heterocycles. The maximum absolute atomic E-state index is 13.9. The molecule has 2 aromatic carbocycles. The van der Waals surface area contributed by atoms with E-state index in [1.54, 1.807) is 6.07 Å². The third-order valence-electron chi connectivity index (χ3n) is 3.07. The van der Waals surface area contributed by atoms with Gasteiger partial charge in [0.15, 0.2) is 11.6 Å². The Morgan fingerprint density at radius 3 is 2.45 bits per heavy atom. The predicted octanol–water partition coefficient (Wildman–Crippen LogP) is 4.67. The van der Waals surface area contributed by atoms with Crippen LogP contribution in [0.5, 0.6) is 5.75 Å². The average molecular weight is 403 g/mol. The van der Waals surface area contributed by atoms with Crippen LogP contribution in [-0.4, -0.2) is 14.2 Å². The van der Waals surface area contributed by atoms with Crippen LogP contribution in [0.15, 0.2) is 45.3 Å². The number of halogens is 3. The maximum atomic E-state index is 13.9. The van der Waals surface area contributed by atoms with Crippen LogP contribution < -0.4 is 10.1 Å². The van der Waals surface area contributed by atoms with E-state index >= 15 is 0 Å². The highest BCUT2D eigenvalue weighted by Gasteiger charge is 2.17. The van der Waals surface area contributed by atoms with Gasteiger partial charge in [0.1, 0.15) is 0 Å². The topological polar surface area (TPSA) is 21.3 Å². The molecule has 1 N–H and O–H groups in total. The van der Waals surface area contributed by atoms with Crippen molar-refractivity contribution >= 4 is 31.9 Å². The fourth-order valence-corrected chi connectivity index (χ4v) is 3.38. The fourth-order valence-electron chi connectivity index (χ4n) is 2.10. The minimum atomic E-state index is -0.363. The summed E-state index contributed by atoms with van der Waals surface area (Å²) in [5, 5.41) is 3.21. The second kappa shape index (κ2) is 6.70. The Kier molecular flexibility index (Phi) is 5.18. The van der Waals surface area contributed by atoms with Crippen LogP contribution in [0, 0.1) is 5.82 Å². The zero-order valence-corrected chi connectivity index (χ0v) is 14.3. The first-order valence-electron chi connectivity index (χ1n) is 6.02. The van der Waals surface area contributed by atoms with E-state index in [1.165, 1.54) is 13.2 Å². The number of hydrogen-bond acceptors (Lipinski definition) is 2. The molecule has 0 heterocycles. The van der Waals surface area contributed by atoms with Crippen LogP contribution in [-0.2, 0) is 0 Å². The normalized spacial score (nSPS) is 12.2. The SMILES string of the molecule is CNC(c1ccc(OC)c(F)c1)c1ccc(Br)cc1Br. The van der Waals surface area contributed by atoms with Gasteiger partial charge >= 0.3 is 0 Å². The standard InChI is InChI=1S/C15H14Br2FNO/c1-19-15(11-5-4-10(16)8-12(11)17)9-3-6-14(20-2)13(18)7-9/h3-8,15,19H,1-2H3. The number of methoxy groups -OCH3 is 1. The van der Waals surface area contributed by atoms with Crippen LogP contribution >= 0.6 is 31.9 Å². The number of nitrogens with one attached hydrogen (secondary N) is 1. The smallest absolute Gasteiger partial charge is 0.165 e. The highest BCUT2D eigenvalue weighted by atomic mass is 79.9. The molecule has 0 radical (unpaired) electrons. The Labute approximate surface area is 134 Å². The number of benzene rings is 2. The van der Waals surface area contributed by atoms with Gasteiger partial charge in [-0.25, -0.2) is 4.39 Å². The average Bonchev–Trinajstić information content (AvgIpc) is 2.42. The van der Waals surface area contributed by atoms with Gasteiger partial charge < -0.3 is 10.1 Å². The van der Waals surface area contributed by atoms with Gasteiger partial charge in [-0.05, 0) is 42.4 Å². The summed E-state index contributed by atoms with van der Waals surface area (Å²) in [6.45, 7) is 0. The molecule has 0 fully saturated rings. The van der Waals surface area contributed by atoms with Crippen LogP contribution in [0.25, 0.3) is 0 Å². The van der Waals surface area contributed by atoms with Crippen molar-refractivity contribution in [2.75, 3.05) is 14.2 Å². The highest BCUT2D eigenvalue weighted by Crippen LogP contribution is 2.32. The summed E-state index contributed by atoms with van der Waals surface area (Å²) in [6.07, 6.45) is 0. The Balaban J connectivity index is 2.44. The largest absolute Gasteiger partial charge is 0.494 e. The summed E-state index contributed by atoms with van der Waals surface area (Å²) in [5.74, 6) is -0.114. The van der Waals surface area contributed by atoms with Gasteiger partial charge in [0.25, 0.3) is 0 Å². The van der Waals surface area contributed by atoms with Gasteiger partial charge in [-0.15, -0.1) is 0 Å². The molecule has 1 atom stereocenters. The molecular weight excluding hydrogens is 389 g/mol. The van der Waals surface area contributed by atoms with Crippen LogP contribution in [0.4, 0.5) is 4.39 Å². The lowest BCUT2D eigenvalue weighted by Crippen LogP contribution is -2.18. The molecular formula is C15H14Br2FNO. The van der Waals surface area contributed by atoms with Crippen molar-refractivity contribution in [1.82, 2.24) is 5.32 Å². The van der Waals surface area contributed by atoms with Crippen molar-refractivity contribution in [3.05, 3.63) is 62.3 Å². The molecule has 0 aromatic heterocycles. The van der Waals surface area contributed by atoms with Gasteiger partial charge in [-0.1, -0.05) is 44.0 Å². The van der Waals surface area contributed by atoms with E-state index in [4.69, 9.17) is 4.74 Å². The molecule has 2 rings (SSSR count). The van der Waals surface area contributed by atoms with Crippen molar-refractivity contribution in [2.24, 2.45) is 0 Å². The molecule has 1 unspecified atom stereocenters. The van der Waals surface area contributed by atoms with E-state index in [9.17, 15) is 4.39 Å². The second-order valence-corrected chi connectivity index (χ2v) is 6.05. The van der Waals surface area contributed by atoms with Crippen molar-refractivity contribution in [2.45, 2.75) is 6.04 Å². The minimum absolute atomic E-state index is 0.0992. The summed E-state index contributed by atoms with van der Waals surface area (Å²) < 4.78 is 20.8. The van der Waals surface area contributed by atoms with Gasteiger partial charge in [-0.2, -0.15) is 0 Å². The molecule has 0 aliphatic carbocycles. The second-order valence-electron chi connectivity index (χ2n) is 4.28. The van der Waals surface area contributed by atoms with Gasteiger partial charge in [0.05, 0.1) is 13.2 Å². The lowest BCUT2D eigenvalue weighted by atomic mass is 9.98. The van der Waals surface area contributed by atoms with Gasteiger partial charge in [0.2, 0.25) is 0 Å². The first-order valence-corrected chi connectivity index (χ1v) is 7.61. The van der Waals surface area contributed by atoms with E-state index in [0.717, 1.165) is 20.1 Å². The molecule has 106 valence electrons. The fraction of sp³-hybridized carbons (Fsp3) is 0.200. The Morgan fingerprint density at radius 2 is 1.90 bits per heavy atom. The zero-order chi connectivity index (χ0) is 14.7. The monoisotopic (exact) mass is 401 g/mol. The number of hydrogen-bond donors (Lipinski definition) is 1. The van der Waals surface area contributed by atoms with E-state index in [0.29, 0.717) is 0 Å². The quantitative estimate of drug-likeness (QED) is 0.802. The number of ether oxygens (including phenoxy) is 1. The van der Waals surface area contributed by atoms with Crippen LogP contribution in [0.3, 0.4) is 0 Å². The first kappa shape index (κ1) is 15.5. The molecule has 0 aliphatic rings. The summed E-state index contributed by atoms with van der Waals surface area (Å²) in [7, 11) is 3.31. The molecule has 20 heavy (non-hydrogen) atoms. The van der Waals surface area contributed by atoms with Crippen LogP contribution in [0.2, 0.25) is 0 Å². The maximum Gasteiger partial charge on any atom is 0.165 e. The zero-order valence-electron chi connectivity index (χ0n) is 11.1.